The van der Waals surface area contributed by atoms with Crippen LogP contribution in [0.5, 0.6) is 5.75 Å². The van der Waals surface area contributed by atoms with Gasteiger partial charge >= 0.3 is 0 Å². The number of hydrogen-bond acceptors (Lipinski definition) is 4. The van der Waals surface area contributed by atoms with E-state index in [0.717, 1.165) is 30.0 Å². The van der Waals surface area contributed by atoms with Crippen LogP contribution in [0.4, 0.5) is 0 Å². The summed E-state index contributed by atoms with van der Waals surface area (Å²) in [6.45, 7) is 7.15. The van der Waals surface area contributed by atoms with Gasteiger partial charge in [0, 0.05) is 11.8 Å². The predicted octanol–water partition coefficient (Wildman–Crippen LogP) is 3.35. The van der Waals surface area contributed by atoms with Crippen LogP contribution < -0.4 is 10.1 Å². The third-order valence-electron chi connectivity index (χ3n) is 3.09. The van der Waals surface area contributed by atoms with Crippen molar-refractivity contribution < 1.29 is 4.74 Å². The fourth-order valence-corrected chi connectivity index (χ4v) is 2.21. The quantitative estimate of drug-likeness (QED) is 0.847. The Morgan fingerprint density at radius 3 is 2.67 bits per heavy atom. The molecule has 2 aromatic rings. The van der Waals surface area contributed by atoms with E-state index < -0.39 is 0 Å². The fourth-order valence-electron chi connectivity index (χ4n) is 2.21. The molecule has 0 spiro atoms. The zero-order valence-corrected chi connectivity index (χ0v) is 12.9. The van der Waals surface area contributed by atoms with Crippen molar-refractivity contribution in [3.8, 4) is 5.75 Å². The van der Waals surface area contributed by atoms with Crippen LogP contribution in [0.2, 0.25) is 0 Å². The molecule has 4 nitrogen and oxygen atoms in total. The topological polar surface area (TPSA) is 47.0 Å². The van der Waals surface area contributed by atoms with Gasteiger partial charge in [0.15, 0.2) is 0 Å². The second-order valence-corrected chi connectivity index (χ2v) is 5.23. The van der Waals surface area contributed by atoms with Crippen LogP contribution in [0.15, 0.2) is 42.9 Å². The predicted molar refractivity (Wildman–Crippen MR) is 84.4 cm³/mol. The van der Waals surface area contributed by atoms with E-state index in [1.807, 2.05) is 38.1 Å². The van der Waals surface area contributed by atoms with E-state index in [9.17, 15) is 0 Å². The van der Waals surface area contributed by atoms with Crippen molar-refractivity contribution in [2.24, 2.45) is 0 Å². The molecule has 0 aliphatic carbocycles. The first-order chi connectivity index (χ1) is 10.2. The fraction of sp³-hybridized carbons (Fsp3) is 0.412. The lowest BCUT2D eigenvalue weighted by Crippen LogP contribution is -2.25. The van der Waals surface area contributed by atoms with Crippen LogP contribution in [0.25, 0.3) is 0 Å². The molecule has 0 aliphatic heterocycles. The van der Waals surface area contributed by atoms with Crippen LogP contribution in [-0.4, -0.2) is 22.6 Å². The Morgan fingerprint density at radius 2 is 2.00 bits per heavy atom. The van der Waals surface area contributed by atoms with E-state index in [2.05, 4.69) is 28.3 Å². The van der Waals surface area contributed by atoms with E-state index >= 15 is 0 Å². The third kappa shape index (κ3) is 4.26. The van der Waals surface area contributed by atoms with E-state index in [1.54, 1.807) is 12.5 Å². The molecule has 1 aromatic heterocycles. The van der Waals surface area contributed by atoms with Crippen molar-refractivity contribution >= 4 is 0 Å². The van der Waals surface area contributed by atoms with Gasteiger partial charge in [-0.05, 0) is 38.9 Å². The van der Waals surface area contributed by atoms with Gasteiger partial charge in [0.05, 0.1) is 17.8 Å². The minimum absolute atomic E-state index is 0.0166. The summed E-state index contributed by atoms with van der Waals surface area (Å²) in [6.07, 6.45) is 4.56. The summed E-state index contributed by atoms with van der Waals surface area (Å²) in [5, 5.41) is 3.55. The molecule has 0 bridgehead atoms. The van der Waals surface area contributed by atoms with Crippen molar-refractivity contribution in [2.45, 2.75) is 39.3 Å². The Morgan fingerprint density at radius 1 is 1.19 bits per heavy atom. The minimum Gasteiger partial charge on any atom is -0.491 e. The molecule has 21 heavy (non-hydrogen) atoms. The number of nitrogens with zero attached hydrogens (tertiary/aromatic N) is 2. The number of aromatic nitrogens is 2. The number of rotatable bonds is 7. The molecule has 0 radical (unpaired) electrons. The maximum Gasteiger partial charge on any atom is 0.124 e. The molecular weight excluding hydrogens is 262 g/mol. The standard InChI is InChI=1S/C17H23N3O/c1-4-10-19-17(15-9-11-18-12-20-15)14-7-5-6-8-16(14)21-13(2)3/h5-9,11-13,17,19H,4,10H2,1-3H3. The van der Waals surface area contributed by atoms with Gasteiger partial charge in [0.2, 0.25) is 0 Å². The summed E-state index contributed by atoms with van der Waals surface area (Å²) < 4.78 is 5.94. The van der Waals surface area contributed by atoms with Crippen molar-refractivity contribution in [3.05, 3.63) is 54.1 Å². The van der Waals surface area contributed by atoms with Crippen LogP contribution in [0.1, 0.15) is 44.5 Å². The normalized spacial score (nSPS) is 12.4. The third-order valence-corrected chi connectivity index (χ3v) is 3.09. The summed E-state index contributed by atoms with van der Waals surface area (Å²) in [5.41, 5.74) is 2.07. The van der Waals surface area contributed by atoms with Crippen molar-refractivity contribution in [2.75, 3.05) is 6.54 Å². The molecule has 1 aromatic carbocycles. The smallest absolute Gasteiger partial charge is 0.124 e. The lowest BCUT2D eigenvalue weighted by atomic mass is 10.0. The maximum absolute atomic E-state index is 5.94. The van der Waals surface area contributed by atoms with Crippen molar-refractivity contribution in [3.63, 3.8) is 0 Å². The number of para-hydroxylation sites is 1. The summed E-state index contributed by atoms with van der Waals surface area (Å²) in [7, 11) is 0. The molecule has 0 aliphatic rings. The molecule has 0 fully saturated rings. The van der Waals surface area contributed by atoms with Gasteiger partial charge in [-0.2, -0.15) is 0 Å². The highest BCUT2D eigenvalue weighted by Gasteiger charge is 2.19. The van der Waals surface area contributed by atoms with E-state index in [-0.39, 0.29) is 12.1 Å². The Hall–Kier alpha value is -1.94. The molecule has 0 amide bonds. The summed E-state index contributed by atoms with van der Waals surface area (Å²) in [5.74, 6) is 0.903. The van der Waals surface area contributed by atoms with Crippen LogP contribution >= 0.6 is 0 Å². The molecule has 1 heterocycles. The highest BCUT2D eigenvalue weighted by atomic mass is 16.5. The molecule has 1 atom stereocenters. The van der Waals surface area contributed by atoms with Gasteiger partial charge in [0.25, 0.3) is 0 Å². The Bertz CT molecular complexity index is 543. The van der Waals surface area contributed by atoms with Gasteiger partial charge in [0.1, 0.15) is 12.1 Å². The highest BCUT2D eigenvalue weighted by molar-refractivity contribution is 5.39. The molecule has 0 saturated carbocycles. The lowest BCUT2D eigenvalue weighted by molar-refractivity contribution is 0.238. The maximum atomic E-state index is 5.94. The number of ether oxygens (including phenoxy) is 1. The van der Waals surface area contributed by atoms with Crippen LogP contribution in [-0.2, 0) is 0 Å². The average Bonchev–Trinajstić information content (AvgIpc) is 2.50. The largest absolute Gasteiger partial charge is 0.491 e. The van der Waals surface area contributed by atoms with E-state index in [4.69, 9.17) is 4.74 Å². The van der Waals surface area contributed by atoms with E-state index in [1.165, 1.54) is 0 Å². The number of benzene rings is 1. The second-order valence-electron chi connectivity index (χ2n) is 5.23. The minimum atomic E-state index is 0.0166. The van der Waals surface area contributed by atoms with E-state index in [0.29, 0.717) is 0 Å². The number of nitrogens with one attached hydrogen (secondary N) is 1. The second kappa shape index (κ2) is 7.74. The highest BCUT2D eigenvalue weighted by Crippen LogP contribution is 2.29. The van der Waals surface area contributed by atoms with Crippen molar-refractivity contribution in [1.29, 1.82) is 0 Å². The molecule has 1 unspecified atom stereocenters. The molecule has 112 valence electrons. The first-order valence-corrected chi connectivity index (χ1v) is 7.47. The van der Waals surface area contributed by atoms with Gasteiger partial charge in [-0.3, -0.25) is 0 Å². The molecule has 2 rings (SSSR count). The van der Waals surface area contributed by atoms with Crippen molar-refractivity contribution in [1.82, 2.24) is 15.3 Å². The van der Waals surface area contributed by atoms with Gasteiger partial charge in [-0.25, -0.2) is 9.97 Å². The van der Waals surface area contributed by atoms with Gasteiger partial charge in [-0.1, -0.05) is 25.1 Å². The summed E-state index contributed by atoms with van der Waals surface area (Å²) >= 11 is 0. The molecule has 0 saturated heterocycles. The zero-order chi connectivity index (χ0) is 15.1. The Kier molecular flexibility index (Phi) is 5.69. The SMILES string of the molecule is CCCNC(c1ccncn1)c1ccccc1OC(C)C. The summed E-state index contributed by atoms with van der Waals surface area (Å²) in [6, 6.07) is 10.1. The molecular formula is C17H23N3O. The first kappa shape index (κ1) is 15.4. The number of hydrogen-bond donors (Lipinski definition) is 1. The zero-order valence-electron chi connectivity index (χ0n) is 12.9. The monoisotopic (exact) mass is 285 g/mol. The van der Waals surface area contributed by atoms with Crippen LogP contribution in [0, 0.1) is 0 Å². The molecule has 1 N–H and O–H groups in total. The van der Waals surface area contributed by atoms with Crippen LogP contribution in [0.3, 0.4) is 0 Å². The summed E-state index contributed by atoms with van der Waals surface area (Å²) in [4.78, 5) is 8.40. The van der Waals surface area contributed by atoms with Gasteiger partial charge < -0.3 is 10.1 Å². The Labute approximate surface area is 126 Å². The van der Waals surface area contributed by atoms with Gasteiger partial charge in [-0.15, -0.1) is 0 Å². The average molecular weight is 285 g/mol. The lowest BCUT2D eigenvalue weighted by Gasteiger charge is -2.22. The first-order valence-electron chi connectivity index (χ1n) is 7.47. The Balaban J connectivity index is 2.37. The molecule has 4 heteroatoms.